The molecule has 1 atom stereocenters. The van der Waals surface area contributed by atoms with E-state index in [0.717, 1.165) is 11.0 Å². The Kier molecular flexibility index (Phi) is 6.34. The first-order chi connectivity index (χ1) is 8.61. The van der Waals surface area contributed by atoms with Crippen LogP contribution in [-0.2, 0) is 0 Å². The summed E-state index contributed by atoms with van der Waals surface area (Å²) in [6, 6.07) is 10.8. The average molecular weight is 310 g/mol. The SMILES string of the molecule is CC(C)N(CCC#N)C(CN)c1ccccc1Br. The Morgan fingerprint density at radius 2 is 2.06 bits per heavy atom. The van der Waals surface area contributed by atoms with Gasteiger partial charge in [0.15, 0.2) is 0 Å². The summed E-state index contributed by atoms with van der Waals surface area (Å²) in [4.78, 5) is 2.28. The Bertz CT molecular complexity index is 412. The fourth-order valence-electron chi connectivity index (χ4n) is 2.14. The molecule has 0 saturated heterocycles. The lowest BCUT2D eigenvalue weighted by Crippen LogP contribution is -2.39. The third kappa shape index (κ3) is 3.81. The molecule has 1 aromatic rings. The molecule has 0 aliphatic heterocycles. The number of rotatable bonds is 6. The standard InChI is InChI=1S/C14H20BrN3/c1-11(2)18(9-5-8-16)14(10-17)12-6-3-4-7-13(12)15/h3-4,6-7,11,14H,5,9-10,17H2,1-2H3. The summed E-state index contributed by atoms with van der Waals surface area (Å²) in [5.74, 6) is 0. The molecule has 4 heteroatoms. The van der Waals surface area contributed by atoms with Gasteiger partial charge in [0.05, 0.1) is 6.07 Å². The second kappa shape index (κ2) is 7.52. The number of hydrogen-bond donors (Lipinski definition) is 1. The minimum absolute atomic E-state index is 0.147. The van der Waals surface area contributed by atoms with Gasteiger partial charge in [-0.05, 0) is 25.5 Å². The van der Waals surface area contributed by atoms with Gasteiger partial charge < -0.3 is 5.73 Å². The number of halogens is 1. The van der Waals surface area contributed by atoms with Crippen LogP contribution in [0.15, 0.2) is 28.7 Å². The molecule has 2 N–H and O–H groups in total. The van der Waals surface area contributed by atoms with Crippen molar-refractivity contribution in [3.63, 3.8) is 0 Å². The van der Waals surface area contributed by atoms with Crippen molar-refractivity contribution < 1.29 is 0 Å². The molecule has 0 fully saturated rings. The largest absolute Gasteiger partial charge is 0.329 e. The molecule has 0 bridgehead atoms. The van der Waals surface area contributed by atoms with Crippen LogP contribution in [-0.4, -0.2) is 24.0 Å². The van der Waals surface area contributed by atoms with Crippen molar-refractivity contribution >= 4 is 15.9 Å². The van der Waals surface area contributed by atoms with Crippen molar-refractivity contribution in [1.29, 1.82) is 5.26 Å². The Balaban J connectivity index is 2.99. The minimum atomic E-state index is 0.147. The summed E-state index contributed by atoms with van der Waals surface area (Å²) in [6.07, 6.45) is 0.527. The smallest absolute Gasteiger partial charge is 0.0635 e. The molecule has 98 valence electrons. The maximum absolute atomic E-state index is 8.76. The third-order valence-electron chi connectivity index (χ3n) is 3.03. The van der Waals surface area contributed by atoms with Crippen molar-refractivity contribution in [3.05, 3.63) is 34.3 Å². The topological polar surface area (TPSA) is 53.0 Å². The summed E-state index contributed by atoms with van der Waals surface area (Å²) < 4.78 is 1.07. The zero-order valence-electron chi connectivity index (χ0n) is 10.9. The molecule has 0 aliphatic carbocycles. The van der Waals surface area contributed by atoms with E-state index < -0.39 is 0 Å². The Morgan fingerprint density at radius 3 is 2.56 bits per heavy atom. The number of hydrogen-bond acceptors (Lipinski definition) is 3. The number of nitriles is 1. The normalized spacial score (nSPS) is 12.7. The fraction of sp³-hybridized carbons (Fsp3) is 0.500. The van der Waals surface area contributed by atoms with Gasteiger partial charge in [-0.15, -0.1) is 0 Å². The summed E-state index contributed by atoms with van der Waals surface area (Å²) in [7, 11) is 0. The predicted molar refractivity (Wildman–Crippen MR) is 78.0 cm³/mol. The molecule has 0 spiro atoms. The first-order valence-electron chi connectivity index (χ1n) is 6.19. The van der Waals surface area contributed by atoms with Gasteiger partial charge >= 0.3 is 0 Å². The highest BCUT2D eigenvalue weighted by Crippen LogP contribution is 2.28. The van der Waals surface area contributed by atoms with Crippen LogP contribution in [0.3, 0.4) is 0 Å². The predicted octanol–water partition coefficient (Wildman–Crippen LogP) is 3.07. The molecule has 0 aromatic heterocycles. The second-order valence-electron chi connectivity index (χ2n) is 4.51. The van der Waals surface area contributed by atoms with Crippen LogP contribution in [0.1, 0.15) is 31.9 Å². The molecule has 0 radical (unpaired) electrons. The fourth-order valence-corrected chi connectivity index (χ4v) is 2.69. The Hall–Kier alpha value is -0.890. The van der Waals surface area contributed by atoms with Crippen LogP contribution < -0.4 is 5.73 Å². The third-order valence-corrected chi connectivity index (χ3v) is 3.76. The number of nitrogens with two attached hydrogens (primary N) is 1. The monoisotopic (exact) mass is 309 g/mol. The lowest BCUT2D eigenvalue weighted by Gasteiger charge is -2.34. The summed E-state index contributed by atoms with van der Waals surface area (Å²) in [5, 5.41) is 8.76. The van der Waals surface area contributed by atoms with Crippen molar-refractivity contribution in [2.24, 2.45) is 5.73 Å². The van der Waals surface area contributed by atoms with Crippen molar-refractivity contribution in [3.8, 4) is 6.07 Å². The summed E-state index contributed by atoms with van der Waals surface area (Å²) in [6.45, 7) is 5.57. The van der Waals surface area contributed by atoms with Gasteiger partial charge in [0.1, 0.15) is 0 Å². The van der Waals surface area contributed by atoms with Gasteiger partial charge in [0.25, 0.3) is 0 Å². The lowest BCUT2D eigenvalue weighted by molar-refractivity contribution is 0.160. The Labute approximate surface area is 118 Å². The van der Waals surface area contributed by atoms with Crippen molar-refractivity contribution in [2.45, 2.75) is 32.4 Å². The van der Waals surface area contributed by atoms with Crippen LogP contribution in [0.2, 0.25) is 0 Å². The number of nitrogens with zero attached hydrogens (tertiary/aromatic N) is 2. The Morgan fingerprint density at radius 1 is 1.39 bits per heavy atom. The van der Waals surface area contributed by atoms with E-state index in [4.69, 9.17) is 11.0 Å². The highest BCUT2D eigenvalue weighted by Gasteiger charge is 2.22. The van der Waals surface area contributed by atoms with Gasteiger partial charge in [-0.25, -0.2) is 0 Å². The van der Waals surface area contributed by atoms with E-state index in [1.165, 1.54) is 5.56 Å². The van der Waals surface area contributed by atoms with Gasteiger partial charge in [-0.1, -0.05) is 34.1 Å². The van der Waals surface area contributed by atoms with E-state index in [9.17, 15) is 0 Å². The van der Waals surface area contributed by atoms with E-state index in [0.29, 0.717) is 19.0 Å². The van der Waals surface area contributed by atoms with Crippen LogP contribution in [0.25, 0.3) is 0 Å². The van der Waals surface area contributed by atoms with Crippen molar-refractivity contribution in [2.75, 3.05) is 13.1 Å². The highest BCUT2D eigenvalue weighted by atomic mass is 79.9. The molecule has 0 heterocycles. The van der Waals surface area contributed by atoms with E-state index in [1.807, 2.05) is 18.2 Å². The minimum Gasteiger partial charge on any atom is -0.329 e. The van der Waals surface area contributed by atoms with E-state index in [2.05, 4.69) is 46.8 Å². The first-order valence-corrected chi connectivity index (χ1v) is 6.98. The summed E-state index contributed by atoms with van der Waals surface area (Å²) in [5.41, 5.74) is 7.13. The van der Waals surface area contributed by atoms with Crippen molar-refractivity contribution in [1.82, 2.24) is 4.90 Å². The number of benzene rings is 1. The molecule has 0 saturated carbocycles. The van der Waals surface area contributed by atoms with Crippen LogP contribution in [0, 0.1) is 11.3 Å². The molecular formula is C14H20BrN3. The molecular weight excluding hydrogens is 290 g/mol. The zero-order chi connectivity index (χ0) is 13.5. The van der Waals surface area contributed by atoms with Gasteiger partial charge in [0, 0.05) is 36.1 Å². The molecule has 1 unspecified atom stereocenters. The molecule has 0 amide bonds. The van der Waals surface area contributed by atoms with Gasteiger partial charge in [-0.2, -0.15) is 5.26 Å². The first kappa shape index (κ1) is 15.2. The lowest BCUT2D eigenvalue weighted by atomic mass is 10.0. The molecule has 0 aliphatic rings. The maximum atomic E-state index is 8.76. The molecule has 3 nitrogen and oxygen atoms in total. The van der Waals surface area contributed by atoms with E-state index >= 15 is 0 Å². The maximum Gasteiger partial charge on any atom is 0.0635 e. The molecule has 1 rings (SSSR count). The van der Waals surface area contributed by atoms with Crippen LogP contribution in [0.4, 0.5) is 0 Å². The van der Waals surface area contributed by atoms with Crippen LogP contribution in [0.5, 0.6) is 0 Å². The highest BCUT2D eigenvalue weighted by molar-refractivity contribution is 9.10. The van der Waals surface area contributed by atoms with Crippen LogP contribution >= 0.6 is 15.9 Å². The van der Waals surface area contributed by atoms with E-state index in [1.54, 1.807) is 0 Å². The quantitative estimate of drug-likeness (QED) is 0.878. The van der Waals surface area contributed by atoms with Gasteiger partial charge in [0.2, 0.25) is 0 Å². The zero-order valence-corrected chi connectivity index (χ0v) is 12.5. The molecule has 1 aromatic carbocycles. The van der Waals surface area contributed by atoms with Gasteiger partial charge in [-0.3, -0.25) is 4.90 Å². The summed E-state index contributed by atoms with van der Waals surface area (Å²) >= 11 is 3.58. The second-order valence-corrected chi connectivity index (χ2v) is 5.37. The van der Waals surface area contributed by atoms with E-state index in [-0.39, 0.29) is 6.04 Å². The molecule has 18 heavy (non-hydrogen) atoms. The average Bonchev–Trinajstić information content (AvgIpc) is 2.35.